The molecule has 2 N–H and O–H groups in total. The summed E-state index contributed by atoms with van der Waals surface area (Å²) in [7, 11) is -1.40. The lowest BCUT2D eigenvalue weighted by atomic mass is 10.2. The molecule has 1 saturated heterocycles. The highest BCUT2D eigenvalue weighted by molar-refractivity contribution is 7.91. The monoisotopic (exact) mass is 318 g/mol. The summed E-state index contributed by atoms with van der Waals surface area (Å²) in [6.45, 7) is 1.13. The van der Waals surface area contributed by atoms with Crippen LogP contribution in [0.15, 0.2) is 0 Å². The van der Waals surface area contributed by atoms with E-state index in [-0.39, 0.29) is 41.2 Å². The Kier molecular flexibility index (Phi) is 5.21. The summed E-state index contributed by atoms with van der Waals surface area (Å²) in [6.07, 6.45) is 1.75. The molecule has 1 saturated carbocycles. The van der Waals surface area contributed by atoms with Crippen LogP contribution in [0.5, 0.6) is 0 Å². The van der Waals surface area contributed by atoms with Crippen LogP contribution in [0.3, 0.4) is 0 Å². The fourth-order valence-electron chi connectivity index (χ4n) is 2.55. The normalized spacial score (nSPS) is 29.9. The third-order valence-corrected chi connectivity index (χ3v) is 5.64. The van der Waals surface area contributed by atoms with Crippen molar-refractivity contribution in [3.63, 3.8) is 0 Å². The second-order valence-electron chi connectivity index (χ2n) is 5.69. The summed E-state index contributed by atoms with van der Waals surface area (Å²) < 4.78 is 27.5. The Bertz CT molecular complexity index is 505. The number of hydrogen-bond acceptors (Lipinski definition) is 5. The zero-order valence-electron chi connectivity index (χ0n) is 12.1. The second kappa shape index (κ2) is 6.74. The minimum absolute atomic E-state index is 0.0132. The fourth-order valence-corrected chi connectivity index (χ4v) is 4.22. The summed E-state index contributed by atoms with van der Waals surface area (Å²) >= 11 is 0. The molecular formula is C13H22N2O5S. The average Bonchev–Trinajstić information content (AvgIpc) is 3.15. The van der Waals surface area contributed by atoms with Crippen molar-refractivity contribution < 1.29 is 22.7 Å². The smallest absolute Gasteiger partial charge is 0.224 e. The first-order valence-electron chi connectivity index (χ1n) is 7.20. The Morgan fingerprint density at radius 2 is 1.95 bits per heavy atom. The minimum Gasteiger partial charge on any atom is -0.385 e. The molecule has 7 nitrogen and oxygen atoms in total. The molecule has 3 atom stereocenters. The molecule has 1 aliphatic carbocycles. The lowest BCUT2D eigenvalue weighted by Crippen LogP contribution is -2.38. The quantitative estimate of drug-likeness (QED) is 0.591. The van der Waals surface area contributed by atoms with Gasteiger partial charge in [-0.1, -0.05) is 0 Å². The maximum absolute atomic E-state index is 12.0. The van der Waals surface area contributed by atoms with Crippen molar-refractivity contribution in [2.45, 2.75) is 25.3 Å². The van der Waals surface area contributed by atoms with Gasteiger partial charge in [0.2, 0.25) is 11.8 Å². The van der Waals surface area contributed by atoms with Crippen LogP contribution in [-0.2, 0) is 24.2 Å². The third-order valence-electron chi connectivity index (χ3n) is 3.87. The minimum atomic E-state index is -3.00. The molecule has 120 valence electrons. The van der Waals surface area contributed by atoms with Gasteiger partial charge in [0.05, 0.1) is 23.3 Å². The summed E-state index contributed by atoms with van der Waals surface area (Å²) in [5.74, 6) is -0.744. The number of methoxy groups -OCH3 is 1. The highest BCUT2D eigenvalue weighted by atomic mass is 32.2. The Labute approximate surface area is 124 Å². The van der Waals surface area contributed by atoms with Crippen LogP contribution in [0, 0.1) is 11.8 Å². The number of sulfone groups is 1. The van der Waals surface area contributed by atoms with E-state index < -0.39 is 9.84 Å². The van der Waals surface area contributed by atoms with Gasteiger partial charge in [-0.05, 0) is 19.3 Å². The first kappa shape index (κ1) is 16.2. The summed E-state index contributed by atoms with van der Waals surface area (Å²) in [6, 6.07) is -0.298. The first-order chi connectivity index (χ1) is 9.93. The van der Waals surface area contributed by atoms with E-state index in [4.69, 9.17) is 4.74 Å². The Morgan fingerprint density at radius 3 is 2.57 bits per heavy atom. The van der Waals surface area contributed by atoms with Gasteiger partial charge in [-0.3, -0.25) is 9.59 Å². The van der Waals surface area contributed by atoms with Crippen molar-refractivity contribution >= 4 is 21.7 Å². The molecule has 0 bridgehead atoms. The Morgan fingerprint density at radius 1 is 1.24 bits per heavy atom. The molecule has 0 spiro atoms. The van der Waals surface area contributed by atoms with Crippen molar-refractivity contribution in [3.05, 3.63) is 0 Å². The van der Waals surface area contributed by atoms with Crippen molar-refractivity contribution in [2.24, 2.45) is 11.8 Å². The van der Waals surface area contributed by atoms with E-state index in [1.165, 1.54) is 0 Å². The van der Waals surface area contributed by atoms with Crippen molar-refractivity contribution in [3.8, 4) is 0 Å². The maximum Gasteiger partial charge on any atom is 0.224 e. The van der Waals surface area contributed by atoms with E-state index in [1.54, 1.807) is 7.11 Å². The van der Waals surface area contributed by atoms with Crippen LogP contribution >= 0.6 is 0 Å². The largest absolute Gasteiger partial charge is 0.385 e. The van der Waals surface area contributed by atoms with Crippen LogP contribution < -0.4 is 10.6 Å². The summed E-state index contributed by atoms with van der Waals surface area (Å²) in [5.41, 5.74) is 0. The zero-order valence-corrected chi connectivity index (χ0v) is 12.9. The van der Waals surface area contributed by atoms with Crippen LogP contribution in [0.4, 0.5) is 0 Å². The van der Waals surface area contributed by atoms with Crippen LogP contribution in [0.25, 0.3) is 0 Å². The molecule has 0 aromatic rings. The zero-order chi connectivity index (χ0) is 15.5. The number of carbonyl (C=O) groups excluding carboxylic acids is 2. The molecular weight excluding hydrogens is 296 g/mol. The van der Waals surface area contributed by atoms with Crippen LogP contribution in [-0.4, -0.2) is 58.0 Å². The van der Waals surface area contributed by atoms with Gasteiger partial charge < -0.3 is 15.4 Å². The first-order valence-corrected chi connectivity index (χ1v) is 9.02. The highest BCUT2D eigenvalue weighted by Gasteiger charge is 2.48. The van der Waals surface area contributed by atoms with E-state index in [0.717, 1.165) is 6.42 Å². The molecule has 1 heterocycles. The molecule has 2 rings (SSSR count). The van der Waals surface area contributed by atoms with Gasteiger partial charge in [0, 0.05) is 26.3 Å². The SMILES string of the molecule is COCCCNC(=O)C1CC1C(=O)NC1CCS(=O)(=O)C1. The predicted molar refractivity (Wildman–Crippen MR) is 76.3 cm³/mol. The van der Waals surface area contributed by atoms with Gasteiger partial charge in [0.15, 0.2) is 9.84 Å². The van der Waals surface area contributed by atoms with E-state index in [0.29, 0.717) is 26.0 Å². The topological polar surface area (TPSA) is 102 Å². The molecule has 0 aromatic carbocycles. The number of rotatable bonds is 7. The molecule has 0 aromatic heterocycles. The molecule has 2 amide bonds. The summed E-state index contributed by atoms with van der Waals surface area (Å²) in [4.78, 5) is 23.8. The highest BCUT2D eigenvalue weighted by Crippen LogP contribution is 2.39. The Balaban J connectivity index is 1.68. The lowest BCUT2D eigenvalue weighted by molar-refractivity contribution is -0.127. The number of nitrogens with one attached hydrogen (secondary N) is 2. The van der Waals surface area contributed by atoms with E-state index in [2.05, 4.69) is 10.6 Å². The molecule has 1 aliphatic heterocycles. The second-order valence-corrected chi connectivity index (χ2v) is 7.92. The summed E-state index contributed by atoms with van der Waals surface area (Å²) in [5, 5.41) is 5.52. The van der Waals surface area contributed by atoms with Gasteiger partial charge in [-0.15, -0.1) is 0 Å². The van der Waals surface area contributed by atoms with Crippen molar-refractivity contribution in [1.82, 2.24) is 10.6 Å². The number of ether oxygens (including phenoxy) is 1. The average molecular weight is 318 g/mol. The lowest BCUT2D eigenvalue weighted by Gasteiger charge is -2.10. The number of carbonyl (C=O) groups is 2. The van der Waals surface area contributed by atoms with Crippen LogP contribution in [0.2, 0.25) is 0 Å². The standard InChI is InChI=1S/C13H22N2O5S/c1-20-5-2-4-14-12(16)10-7-11(10)13(17)15-9-3-6-21(18,19)8-9/h9-11H,2-8H2,1H3,(H,14,16)(H,15,17). The van der Waals surface area contributed by atoms with Crippen molar-refractivity contribution in [2.75, 3.05) is 31.8 Å². The Hall–Kier alpha value is -1.15. The molecule has 0 radical (unpaired) electrons. The molecule has 8 heteroatoms. The maximum atomic E-state index is 12.0. The third kappa shape index (κ3) is 4.67. The van der Waals surface area contributed by atoms with E-state index >= 15 is 0 Å². The van der Waals surface area contributed by atoms with E-state index in [1.807, 2.05) is 0 Å². The molecule has 3 unspecified atom stereocenters. The van der Waals surface area contributed by atoms with Gasteiger partial charge in [-0.25, -0.2) is 8.42 Å². The van der Waals surface area contributed by atoms with Gasteiger partial charge in [0.25, 0.3) is 0 Å². The fraction of sp³-hybridized carbons (Fsp3) is 0.846. The number of amides is 2. The number of hydrogen-bond donors (Lipinski definition) is 2. The molecule has 21 heavy (non-hydrogen) atoms. The van der Waals surface area contributed by atoms with Crippen molar-refractivity contribution in [1.29, 1.82) is 0 Å². The van der Waals surface area contributed by atoms with Gasteiger partial charge in [-0.2, -0.15) is 0 Å². The van der Waals surface area contributed by atoms with Crippen LogP contribution in [0.1, 0.15) is 19.3 Å². The van der Waals surface area contributed by atoms with Gasteiger partial charge >= 0.3 is 0 Å². The van der Waals surface area contributed by atoms with Gasteiger partial charge in [0.1, 0.15) is 0 Å². The van der Waals surface area contributed by atoms with E-state index in [9.17, 15) is 18.0 Å². The molecule has 2 aliphatic rings. The molecule has 2 fully saturated rings. The predicted octanol–water partition coefficient (Wildman–Crippen LogP) is -0.921.